The van der Waals surface area contributed by atoms with Gasteiger partial charge in [0.1, 0.15) is 0 Å². The Balaban J connectivity index is 1.42. The molecule has 1 heterocycles. The molecule has 124 valence electrons. The maximum Gasteiger partial charge on any atom is 0.266 e. The van der Waals surface area contributed by atoms with E-state index in [9.17, 15) is 4.79 Å². The Kier molecular flexibility index (Phi) is 5.46. The van der Waals surface area contributed by atoms with Gasteiger partial charge in [-0.1, -0.05) is 19.3 Å². The van der Waals surface area contributed by atoms with Crippen LogP contribution < -0.4 is 5.32 Å². The minimum atomic E-state index is -0.105. The largest absolute Gasteiger partial charge is 0.429 e. The van der Waals surface area contributed by atoms with Gasteiger partial charge < -0.3 is 19.5 Å². The first-order valence-electron chi connectivity index (χ1n) is 8.25. The van der Waals surface area contributed by atoms with E-state index in [1.165, 1.54) is 32.1 Å². The fourth-order valence-electron chi connectivity index (χ4n) is 2.94. The van der Waals surface area contributed by atoms with Crippen molar-refractivity contribution in [2.24, 2.45) is 0 Å². The quantitative estimate of drug-likeness (QED) is 0.620. The molecule has 1 saturated carbocycles. The fraction of sp³-hybridized carbons (Fsp3) is 0.529. The van der Waals surface area contributed by atoms with Crippen molar-refractivity contribution in [1.29, 1.82) is 0 Å². The van der Waals surface area contributed by atoms with Gasteiger partial charge in [-0.25, -0.2) is 0 Å². The molecule has 1 aromatic carbocycles. The zero-order chi connectivity index (χ0) is 16.1. The second-order valence-corrected chi connectivity index (χ2v) is 6.34. The molecule has 0 unspecified atom stereocenters. The van der Waals surface area contributed by atoms with Gasteiger partial charge in [-0.05, 0) is 49.7 Å². The van der Waals surface area contributed by atoms with Crippen molar-refractivity contribution in [3.8, 4) is 0 Å². The van der Waals surface area contributed by atoms with E-state index in [4.69, 9.17) is 21.4 Å². The SMILES string of the molecule is O=C(NCCCOC1CCCCC1)c1ccc2[nH]c(=S)oc2c1. The number of carbonyl (C=O) groups excluding carboxylic acids is 1. The number of fused-ring (bicyclic) bond motifs is 1. The molecular formula is C17H22N2O3S. The third kappa shape index (κ3) is 4.42. The number of hydrogen-bond donors (Lipinski definition) is 2. The summed E-state index contributed by atoms with van der Waals surface area (Å²) < 4.78 is 11.2. The molecular weight excluding hydrogens is 312 g/mol. The average Bonchev–Trinajstić information content (AvgIpc) is 2.94. The number of aromatic amines is 1. The van der Waals surface area contributed by atoms with E-state index in [2.05, 4.69) is 10.3 Å². The lowest BCUT2D eigenvalue weighted by molar-refractivity contribution is 0.0273. The number of ether oxygens (including phenoxy) is 1. The second kappa shape index (κ2) is 7.75. The van der Waals surface area contributed by atoms with Crippen LogP contribution in [0.4, 0.5) is 0 Å². The van der Waals surface area contributed by atoms with Crippen molar-refractivity contribution in [1.82, 2.24) is 10.3 Å². The molecule has 0 atom stereocenters. The lowest BCUT2D eigenvalue weighted by Gasteiger charge is -2.21. The summed E-state index contributed by atoms with van der Waals surface area (Å²) in [6, 6.07) is 5.27. The van der Waals surface area contributed by atoms with Crippen LogP contribution in [0.3, 0.4) is 0 Å². The number of amides is 1. The van der Waals surface area contributed by atoms with Gasteiger partial charge in [0, 0.05) is 18.7 Å². The van der Waals surface area contributed by atoms with Gasteiger partial charge in [0.25, 0.3) is 10.7 Å². The van der Waals surface area contributed by atoms with Gasteiger partial charge in [-0.3, -0.25) is 4.79 Å². The highest BCUT2D eigenvalue weighted by atomic mass is 32.1. The summed E-state index contributed by atoms with van der Waals surface area (Å²) in [4.78, 5) is 15.4. The summed E-state index contributed by atoms with van der Waals surface area (Å²) in [6.45, 7) is 1.32. The van der Waals surface area contributed by atoms with Crippen molar-refractivity contribution in [3.63, 3.8) is 0 Å². The van der Waals surface area contributed by atoms with Gasteiger partial charge in [0.05, 0.1) is 11.6 Å². The number of carbonyl (C=O) groups is 1. The highest BCUT2D eigenvalue weighted by Crippen LogP contribution is 2.20. The maximum atomic E-state index is 12.1. The Hall–Kier alpha value is -1.66. The first-order valence-corrected chi connectivity index (χ1v) is 8.66. The molecule has 3 rings (SSSR count). The molecule has 5 nitrogen and oxygen atoms in total. The number of hydrogen-bond acceptors (Lipinski definition) is 4. The lowest BCUT2D eigenvalue weighted by Crippen LogP contribution is -2.26. The minimum Gasteiger partial charge on any atom is -0.429 e. The fourth-order valence-corrected chi connectivity index (χ4v) is 3.14. The van der Waals surface area contributed by atoms with Gasteiger partial charge in [-0.2, -0.15) is 0 Å². The number of nitrogens with one attached hydrogen (secondary N) is 2. The summed E-state index contributed by atoms with van der Waals surface area (Å²) in [7, 11) is 0. The molecule has 1 aliphatic carbocycles. The van der Waals surface area contributed by atoms with Crippen LogP contribution in [-0.4, -0.2) is 30.1 Å². The molecule has 0 spiro atoms. The second-order valence-electron chi connectivity index (χ2n) is 5.97. The molecule has 0 radical (unpaired) electrons. The number of aromatic nitrogens is 1. The van der Waals surface area contributed by atoms with Crippen LogP contribution in [0, 0.1) is 4.84 Å². The predicted octanol–water partition coefficient (Wildman–Crippen LogP) is 3.96. The Morgan fingerprint density at radius 3 is 3.00 bits per heavy atom. The normalized spacial score (nSPS) is 15.8. The molecule has 2 aromatic rings. The van der Waals surface area contributed by atoms with Crippen molar-refractivity contribution in [3.05, 3.63) is 28.6 Å². The smallest absolute Gasteiger partial charge is 0.266 e. The maximum absolute atomic E-state index is 12.1. The topological polar surface area (TPSA) is 67.3 Å². The summed E-state index contributed by atoms with van der Waals surface area (Å²) >= 11 is 4.94. The van der Waals surface area contributed by atoms with E-state index < -0.39 is 0 Å². The van der Waals surface area contributed by atoms with Crippen molar-refractivity contribution >= 4 is 29.2 Å². The number of H-pyrrole nitrogens is 1. The first kappa shape index (κ1) is 16.2. The predicted molar refractivity (Wildman–Crippen MR) is 91.2 cm³/mol. The lowest BCUT2D eigenvalue weighted by atomic mass is 9.98. The van der Waals surface area contributed by atoms with Gasteiger partial charge >= 0.3 is 0 Å². The first-order chi connectivity index (χ1) is 11.2. The molecule has 0 aliphatic heterocycles. The van der Waals surface area contributed by atoms with Gasteiger partial charge in [-0.15, -0.1) is 0 Å². The Labute approximate surface area is 140 Å². The van der Waals surface area contributed by atoms with Gasteiger partial charge in [0.2, 0.25) is 0 Å². The van der Waals surface area contributed by atoms with Crippen LogP contribution in [-0.2, 0) is 4.74 Å². The van der Waals surface area contributed by atoms with E-state index in [1.54, 1.807) is 18.2 Å². The highest BCUT2D eigenvalue weighted by Gasteiger charge is 2.13. The third-order valence-electron chi connectivity index (χ3n) is 4.20. The van der Waals surface area contributed by atoms with Crippen LogP contribution in [0.1, 0.15) is 48.9 Å². The Morgan fingerprint density at radius 2 is 2.17 bits per heavy atom. The highest BCUT2D eigenvalue weighted by molar-refractivity contribution is 7.71. The number of benzene rings is 1. The van der Waals surface area contributed by atoms with Crippen molar-refractivity contribution in [2.75, 3.05) is 13.2 Å². The standard InChI is InChI=1S/C17H22N2O3S/c20-16(12-7-8-14-15(11-12)22-17(23)19-14)18-9-4-10-21-13-5-2-1-3-6-13/h7-8,11,13H,1-6,9-10H2,(H,18,20)(H,19,23). The van der Waals surface area contributed by atoms with E-state index in [0.29, 0.717) is 35.2 Å². The Bertz CT molecular complexity index is 716. The number of rotatable bonds is 6. The molecule has 23 heavy (non-hydrogen) atoms. The zero-order valence-electron chi connectivity index (χ0n) is 13.1. The Morgan fingerprint density at radius 1 is 1.35 bits per heavy atom. The summed E-state index contributed by atoms with van der Waals surface area (Å²) in [5.74, 6) is -0.105. The summed E-state index contributed by atoms with van der Waals surface area (Å²) in [5, 5.41) is 2.91. The number of oxazole rings is 1. The minimum absolute atomic E-state index is 0.105. The van der Waals surface area contributed by atoms with Crippen LogP contribution in [0.2, 0.25) is 0 Å². The average molecular weight is 334 g/mol. The van der Waals surface area contributed by atoms with Crippen LogP contribution in [0.15, 0.2) is 22.6 Å². The van der Waals surface area contributed by atoms with E-state index in [1.807, 2.05) is 0 Å². The van der Waals surface area contributed by atoms with Crippen LogP contribution in [0.5, 0.6) is 0 Å². The van der Waals surface area contributed by atoms with E-state index in [0.717, 1.165) is 11.9 Å². The zero-order valence-corrected chi connectivity index (χ0v) is 13.9. The van der Waals surface area contributed by atoms with Crippen LogP contribution >= 0.6 is 12.2 Å². The van der Waals surface area contributed by atoms with Gasteiger partial charge in [0.15, 0.2) is 5.58 Å². The molecule has 2 N–H and O–H groups in total. The molecule has 0 saturated heterocycles. The molecule has 1 aromatic heterocycles. The summed E-state index contributed by atoms with van der Waals surface area (Å²) in [6.07, 6.45) is 7.50. The monoisotopic (exact) mass is 334 g/mol. The van der Waals surface area contributed by atoms with E-state index in [-0.39, 0.29) is 5.91 Å². The molecule has 1 fully saturated rings. The molecule has 1 amide bonds. The molecule has 1 aliphatic rings. The molecule has 6 heteroatoms. The van der Waals surface area contributed by atoms with Crippen LogP contribution in [0.25, 0.3) is 11.1 Å². The van der Waals surface area contributed by atoms with Crippen molar-refractivity contribution in [2.45, 2.75) is 44.6 Å². The van der Waals surface area contributed by atoms with Crippen molar-refractivity contribution < 1.29 is 13.9 Å². The summed E-state index contributed by atoms with van der Waals surface area (Å²) in [5.41, 5.74) is 1.97. The van der Waals surface area contributed by atoms with E-state index >= 15 is 0 Å². The third-order valence-corrected chi connectivity index (χ3v) is 4.38. The molecule has 0 bridgehead atoms.